The van der Waals surface area contributed by atoms with Gasteiger partial charge in [-0.3, -0.25) is 4.79 Å². The van der Waals surface area contributed by atoms with Gasteiger partial charge in [0.2, 0.25) is 0 Å². The van der Waals surface area contributed by atoms with Crippen molar-refractivity contribution < 1.29 is 4.79 Å². The molecule has 0 spiro atoms. The number of amides is 1. The van der Waals surface area contributed by atoms with Crippen molar-refractivity contribution in [3.63, 3.8) is 0 Å². The van der Waals surface area contributed by atoms with Crippen LogP contribution in [0.1, 0.15) is 40.0 Å². The number of rotatable bonds is 4. The van der Waals surface area contributed by atoms with Gasteiger partial charge in [-0.15, -0.1) is 0 Å². The highest BCUT2D eigenvalue weighted by molar-refractivity contribution is 5.94. The van der Waals surface area contributed by atoms with E-state index in [1.165, 1.54) is 11.1 Å². The van der Waals surface area contributed by atoms with Gasteiger partial charge in [0.05, 0.1) is 6.04 Å². The minimum atomic E-state index is -0.0506. The Morgan fingerprint density at radius 1 is 0.800 bits per heavy atom. The van der Waals surface area contributed by atoms with Crippen molar-refractivity contribution in [3.05, 3.63) is 95.1 Å². The molecule has 0 saturated carbocycles. The smallest absolute Gasteiger partial charge is 0.251 e. The van der Waals surface area contributed by atoms with E-state index in [-0.39, 0.29) is 11.9 Å². The van der Waals surface area contributed by atoms with E-state index in [4.69, 9.17) is 0 Å². The summed E-state index contributed by atoms with van der Waals surface area (Å²) < 4.78 is 0. The first-order chi connectivity index (χ1) is 12.0. The maximum Gasteiger partial charge on any atom is 0.251 e. The lowest BCUT2D eigenvalue weighted by Gasteiger charge is -2.16. The van der Waals surface area contributed by atoms with Crippen LogP contribution in [-0.4, -0.2) is 5.91 Å². The van der Waals surface area contributed by atoms with Gasteiger partial charge in [-0.05, 0) is 60.7 Å². The molecule has 0 heterocycles. The van der Waals surface area contributed by atoms with Gasteiger partial charge in [0, 0.05) is 5.56 Å². The van der Waals surface area contributed by atoms with Crippen LogP contribution in [0.15, 0.2) is 72.8 Å². The Balaban J connectivity index is 1.71. The van der Waals surface area contributed by atoms with Crippen LogP contribution in [0.4, 0.5) is 0 Å². The van der Waals surface area contributed by atoms with Crippen LogP contribution in [0.3, 0.4) is 0 Å². The summed E-state index contributed by atoms with van der Waals surface area (Å²) in [6.07, 6.45) is 0. The van der Waals surface area contributed by atoms with E-state index in [2.05, 4.69) is 49.5 Å². The molecule has 0 saturated heterocycles. The average Bonchev–Trinajstić information content (AvgIpc) is 2.64. The maximum absolute atomic E-state index is 12.5. The van der Waals surface area contributed by atoms with Crippen LogP contribution in [0.25, 0.3) is 11.1 Å². The molecule has 1 amide bonds. The van der Waals surface area contributed by atoms with Gasteiger partial charge in [-0.2, -0.15) is 0 Å². The van der Waals surface area contributed by atoms with Crippen molar-refractivity contribution in [2.45, 2.75) is 26.8 Å². The quantitative estimate of drug-likeness (QED) is 0.676. The van der Waals surface area contributed by atoms with Crippen LogP contribution < -0.4 is 5.32 Å². The molecule has 126 valence electrons. The van der Waals surface area contributed by atoms with Crippen LogP contribution in [0, 0.1) is 13.8 Å². The Morgan fingerprint density at radius 2 is 1.44 bits per heavy atom. The summed E-state index contributed by atoms with van der Waals surface area (Å²) in [6.45, 7) is 6.20. The van der Waals surface area contributed by atoms with Crippen LogP contribution >= 0.6 is 0 Å². The van der Waals surface area contributed by atoms with Crippen LogP contribution in [-0.2, 0) is 0 Å². The van der Waals surface area contributed by atoms with Gasteiger partial charge in [-0.25, -0.2) is 0 Å². The summed E-state index contributed by atoms with van der Waals surface area (Å²) in [5, 5.41) is 3.08. The van der Waals surface area contributed by atoms with Crippen molar-refractivity contribution in [2.75, 3.05) is 0 Å². The third-order valence-electron chi connectivity index (χ3n) is 4.63. The molecule has 3 aromatic rings. The Morgan fingerprint density at radius 3 is 2.08 bits per heavy atom. The first kappa shape index (κ1) is 17.0. The van der Waals surface area contributed by atoms with Gasteiger partial charge in [0.1, 0.15) is 0 Å². The molecule has 2 nitrogen and oxygen atoms in total. The Bertz CT molecular complexity index is 866. The maximum atomic E-state index is 12.5. The zero-order chi connectivity index (χ0) is 17.8. The second-order valence-corrected chi connectivity index (χ2v) is 6.48. The molecule has 0 aliphatic heterocycles. The molecule has 0 aliphatic carbocycles. The molecule has 2 heteroatoms. The van der Waals surface area contributed by atoms with E-state index in [1.54, 1.807) is 0 Å². The molecule has 3 rings (SSSR count). The van der Waals surface area contributed by atoms with E-state index >= 15 is 0 Å². The van der Waals surface area contributed by atoms with Gasteiger partial charge >= 0.3 is 0 Å². The Labute approximate surface area is 149 Å². The van der Waals surface area contributed by atoms with Crippen LogP contribution in [0.2, 0.25) is 0 Å². The number of hydrogen-bond donors (Lipinski definition) is 1. The second-order valence-electron chi connectivity index (χ2n) is 6.48. The summed E-state index contributed by atoms with van der Waals surface area (Å²) in [7, 11) is 0. The van der Waals surface area contributed by atoms with Gasteiger partial charge < -0.3 is 5.32 Å². The Hall–Kier alpha value is -2.87. The third-order valence-corrected chi connectivity index (χ3v) is 4.63. The minimum Gasteiger partial charge on any atom is -0.346 e. The third kappa shape index (κ3) is 3.97. The lowest BCUT2D eigenvalue weighted by molar-refractivity contribution is 0.0940. The largest absolute Gasteiger partial charge is 0.346 e. The zero-order valence-corrected chi connectivity index (χ0v) is 14.9. The summed E-state index contributed by atoms with van der Waals surface area (Å²) in [5.74, 6) is -0.0506. The lowest BCUT2D eigenvalue weighted by atomic mass is 10.0. The predicted octanol–water partition coefficient (Wildman–Crippen LogP) is 5.46. The molecule has 0 fully saturated rings. The van der Waals surface area contributed by atoms with Crippen molar-refractivity contribution >= 4 is 5.91 Å². The number of hydrogen-bond acceptors (Lipinski definition) is 1. The highest BCUT2D eigenvalue weighted by Gasteiger charge is 2.12. The first-order valence-electron chi connectivity index (χ1n) is 8.58. The number of aryl methyl sites for hydroxylation is 2. The van der Waals surface area contributed by atoms with Crippen molar-refractivity contribution in [1.82, 2.24) is 5.32 Å². The SMILES string of the molecule is Cc1ccc(C(C)NC(=O)c2ccc(-c3ccccc3)cc2)cc1C. The summed E-state index contributed by atoms with van der Waals surface area (Å²) >= 11 is 0. The monoisotopic (exact) mass is 329 g/mol. The molecular formula is C23H23NO. The molecule has 0 aromatic heterocycles. The summed E-state index contributed by atoms with van der Waals surface area (Å²) in [6, 6.07) is 24.2. The van der Waals surface area contributed by atoms with Crippen molar-refractivity contribution in [2.24, 2.45) is 0 Å². The Kier molecular flexibility index (Phi) is 4.99. The summed E-state index contributed by atoms with van der Waals surface area (Å²) in [4.78, 5) is 12.5. The van der Waals surface area contributed by atoms with E-state index in [0.717, 1.165) is 16.7 Å². The highest BCUT2D eigenvalue weighted by Crippen LogP contribution is 2.20. The highest BCUT2D eigenvalue weighted by atomic mass is 16.1. The lowest BCUT2D eigenvalue weighted by Crippen LogP contribution is -2.26. The van der Waals surface area contributed by atoms with Crippen molar-refractivity contribution in [1.29, 1.82) is 0 Å². The fourth-order valence-corrected chi connectivity index (χ4v) is 2.84. The number of benzene rings is 3. The predicted molar refractivity (Wildman–Crippen MR) is 104 cm³/mol. The average molecular weight is 329 g/mol. The molecule has 1 atom stereocenters. The fourth-order valence-electron chi connectivity index (χ4n) is 2.84. The van der Waals surface area contributed by atoms with Gasteiger partial charge in [0.25, 0.3) is 5.91 Å². The zero-order valence-electron chi connectivity index (χ0n) is 14.9. The first-order valence-corrected chi connectivity index (χ1v) is 8.58. The molecular weight excluding hydrogens is 306 g/mol. The molecule has 25 heavy (non-hydrogen) atoms. The van der Waals surface area contributed by atoms with E-state index in [1.807, 2.05) is 49.4 Å². The molecule has 3 aromatic carbocycles. The molecule has 0 radical (unpaired) electrons. The molecule has 0 bridgehead atoms. The summed E-state index contributed by atoms with van der Waals surface area (Å²) in [5.41, 5.74) is 6.56. The fraction of sp³-hybridized carbons (Fsp3) is 0.174. The minimum absolute atomic E-state index is 0.0272. The molecule has 1 unspecified atom stereocenters. The van der Waals surface area contributed by atoms with E-state index in [9.17, 15) is 4.79 Å². The molecule has 0 aliphatic rings. The van der Waals surface area contributed by atoms with Crippen LogP contribution in [0.5, 0.6) is 0 Å². The standard InChI is InChI=1S/C23H23NO/c1-16-9-10-22(15-17(16)2)18(3)24-23(25)21-13-11-20(12-14-21)19-7-5-4-6-8-19/h4-15,18H,1-3H3,(H,24,25). The van der Waals surface area contributed by atoms with E-state index < -0.39 is 0 Å². The number of carbonyl (C=O) groups is 1. The van der Waals surface area contributed by atoms with Gasteiger partial charge in [0.15, 0.2) is 0 Å². The topological polar surface area (TPSA) is 29.1 Å². The van der Waals surface area contributed by atoms with Crippen molar-refractivity contribution in [3.8, 4) is 11.1 Å². The molecule has 1 N–H and O–H groups in total. The van der Waals surface area contributed by atoms with E-state index in [0.29, 0.717) is 5.56 Å². The normalized spacial score (nSPS) is 11.8. The number of carbonyl (C=O) groups excluding carboxylic acids is 1. The second kappa shape index (κ2) is 7.35. The number of nitrogens with one attached hydrogen (secondary N) is 1. The van der Waals surface area contributed by atoms with Gasteiger partial charge in [-0.1, -0.05) is 60.7 Å².